The summed E-state index contributed by atoms with van der Waals surface area (Å²) in [7, 11) is 1.92. The quantitative estimate of drug-likeness (QED) is 0.821. The van der Waals surface area contributed by atoms with Gasteiger partial charge in [-0.3, -0.25) is 4.90 Å². The molecule has 16 heavy (non-hydrogen) atoms. The van der Waals surface area contributed by atoms with E-state index >= 15 is 0 Å². The third kappa shape index (κ3) is 3.34. The van der Waals surface area contributed by atoms with E-state index in [0.717, 1.165) is 5.56 Å². The van der Waals surface area contributed by atoms with Crippen molar-refractivity contribution in [2.45, 2.75) is 25.5 Å². The molecular weight excluding hydrogens is 200 g/mol. The zero-order valence-corrected chi connectivity index (χ0v) is 9.80. The first-order valence-corrected chi connectivity index (χ1v) is 5.47. The standard InChI is InChI=1S/C13H18N2O/c1-11(15(2)10-6-9-14)13(16)12-7-4-3-5-8-12/h3-5,7-8,11,13,16H,6,10H2,1-2H3/t11-,13+/m0/s1. The molecule has 0 saturated heterocycles. The van der Waals surface area contributed by atoms with Gasteiger partial charge in [-0.15, -0.1) is 0 Å². The second-order valence-electron chi connectivity index (χ2n) is 3.98. The second-order valence-corrected chi connectivity index (χ2v) is 3.98. The fraction of sp³-hybridized carbons (Fsp3) is 0.462. The summed E-state index contributed by atoms with van der Waals surface area (Å²) in [5.74, 6) is 0. The number of nitrogens with zero attached hydrogens (tertiary/aromatic N) is 2. The average molecular weight is 218 g/mol. The maximum atomic E-state index is 10.1. The monoisotopic (exact) mass is 218 g/mol. The molecule has 0 amide bonds. The van der Waals surface area contributed by atoms with Gasteiger partial charge in [0.2, 0.25) is 0 Å². The fourth-order valence-corrected chi connectivity index (χ4v) is 1.60. The Kier molecular flexibility index (Phi) is 4.97. The highest BCUT2D eigenvalue weighted by Gasteiger charge is 2.19. The zero-order valence-electron chi connectivity index (χ0n) is 9.80. The molecule has 0 radical (unpaired) electrons. The van der Waals surface area contributed by atoms with Gasteiger partial charge in [-0.2, -0.15) is 5.26 Å². The lowest BCUT2D eigenvalue weighted by molar-refractivity contribution is 0.0737. The first-order chi connectivity index (χ1) is 7.66. The maximum Gasteiger partial charge on any atom is 0.0942 e. The first kappa shape index (κ1) is 12.7. The molecule has 3 heteroatoms. The van der Waals surface area contributed by atoms with Crippen LogP contribution in [-0.4, -0.2) is 29.6 Å². The Morgan fingerprint density at radius 3 is 2.56 bits per heavy atom. The van der Waals surface area contributed by atoms with Crippen LogP contribution >= 0.6 is 0 Å². The predicted molar refractivity (Wildman–Crippen MR) is 63.7 cm³/mol. The molecule has 1 N–H and O–H groups in total. The van der Waals surface area contributed by atoms with E-state index in [-0.39, 0.29) is 6.04 Å². The molecule has 0 aromatic heterocycles. The van der Waals surface area contributed by atoms with Gasteiger partial charge in [0.15, 0.2) is 0 Å². The van der Waals surface area contributed by atoms with Crippen LogP contribution in [0.25, 0.3) is 0 Å². The number of hydrogen-bond acceptors (Lipinski definition) is 3. The minimum Gasteiger partial charge on any atom is -0.387 e. The van der Waals surface area contributed by atoms with Crippen LogP contribution in [0.15, 0.2) is 30.3 Å². The van der Waals surface area contributed by atoms with E-state index in [0.29, 0.717) is 13.0 Å². The number of aliphatic hydroxyl groups excluding tert-OH is 1. The van der Waals surface area contributed by atoms with E-state index in [1.807, 2.05) is 49.2 Å². The second kappa shape index (κ2) is 6.26. The number of rotatable bonds is 5. The average Bonchev–Trinajstić information content (AvgIpc) is 2.35. The molecule has 0 aliphatic rings. The highest BCUT2D eigenvalue weighted by Crippen LogP contribution is 2.19. The molecule has 86 valence electrons. The summed E-state index contributed by atoms with van der Waals surface area (Å²) in [6, 6.07) is 11.7. The topological polar surface area (TPSA) is 47.3 Å². The lowest BCUT2D eigenvalue weighted by Crippen LogP contribution is -2.34. The molecule has 1 aromatic rings. The Bertz CT molecular complexity index is 345. The molecule has 1 aromatic carbocycles. The van der Waals surface area contributed by atoms with Crippen LogP contribution < -0.4 is 0 Å². The van der Waals surface area contributed by atoms with Crippen molar-refractivity contribution in [1.82, 2.24) is 4.90 Å². The van der Waals surface area contributed by atoms with Gasteiger partial charge in [-0.25, -0.2) is 0 Å². The lowest BCUT2D eigenvalue weighted by atomic mass is 10.0. The first-order valence-electron chi connectivity index (χ1n) is 5.47. The fourth-order valence-electron chi connectivity index (χ4n) is 1.60. The molecule has 2 atom stereocenters. The SMILES string of the molecule is C[C@@H]([C@@H](O)c1ccccc1)N(C)CCC#N. The molecular formula is C13H18N2O. The van der Waals surface area contributed by atoms with Crippen LogP contribution in [0.2, 0.25) is 0 Å². The normalized spacial score (nSPS) is 14.4. The molecule has 0 aliphatic carbocycles. The summed E-state index contributed by atoms with van der Waals surface area (Å²) in [6.07, 6.45) is -0.0209. The highest BCUT2D eigenvalue weighted by molar-refractivity contribution is 5.18. The Morgan fingerprint density at radius 1 is 1.38 bits per heavy atom. The van der Waals surface area contributed by atoms with Crippen molar-refractivity contribution in [1.29, 1.82) is 5.26 Å². The van der Waals surface area contributed by atoms with E-state index in [9.17, 15) is 5.11 Å². The van der Waals surface area contributed by atoms with Crippen LogP contribution in [0.5, 0.6) is 0 Å². The molecule has 0 aliphatic heterocycles. The van der Waals surface area contributed by atoms with Crippen LogP contribution in [0.3, 0.4) is 0 Å². The van der Waals surface area contributed by atoms with Gasteiger partial charge < -0.3 is 5.11 Å². The zero-order chi connectivity index (χ0) is 12.0. The number of likely N-dealkylation sites (N-methyl/N-ethyl adjacent to an activating group) is 1. The highest BCUT2D eigenvalue weighted by atomic mass is 16.3. The van der Waals surface area contributed by atoms with Gasteiger partial charge in [0.25, 0.3) is 0 Å². The minimum atomic E-state index is -0.509. The van der Waals surface area contributed by atoms with Crippen LogP contribution in [0, 0.1) is 11.3 Å². The summed E-state index contributed by atoms with van der Waals surface area (Å²) in [5.41, 5.74) is 0.916. The summed E-state index contributed by atoms with van der Waals surface area (Å²) >= 11 is 0. The minimum absolute atomic E-state index is 0.00995. The van der Waals surface area contributed by atoms with Crippen molar-refractivity contribution < 1.29 is 5.11 Å². The predicted octanol–water partition coefficient (Wildman–Crippen LogP) is 1.95. The Morgan fingerprint density at radius 2 is 2.00 bits per heavy atom. The van der Waals surface area contributed by atoms with Crippen molar-refractivity contribution in [3.8, 4) is 6.07 Å². The smallest absolute Gasteiger partial charge is 0.0942 e. The molecule has 0 fully saturated rings. The number of hydrogen-bond donors (Lipinski definition) is 1. The van der Waals surface area contributed by atoms with E-state index in [1.165, 1.54) is 0 Å². The lowest BCUT2D eigenvalue weighted by Gasteiger charge is -2.28. The number of aliphatic hydroxyl groups is 1. The molecule has 0 bridgehead atoms. The Hall–Kier alpha value is -1.37. The summed E-state index contributed by atoms with van der Waals surface area (Å²) in [4.78, 5) is 2.00. The van der Waals surface area contributed by atoms with E-state index < -0.39 is 6.10 Å². The Labute approximate surface area is 96.9 Å². The number of nitriles is 1. The van der Waals surface area contributed by atoms with E-state index in [2.05, 4.69) is 6.07 Å². The van der Waals surface area contributed by atoms with Gasteiger partial charge in [0, 0.05) is 19.0 Å². The summed E-state index contributed by atoms with van der Waals surface area (Å²) < 4.78 is 0. The van der Waals surface area contributed by atoms with Gasteiger partial charge in [0.1, 0.15) is 0 Å². The summed E-state index contributed by atoms with van der Waals surface area (Å²) in [6.45, 7) is 2.65. The Balaban J connectivity index is 2.60. The van der Waals surface area contributed by atoms with Crippen LogP contribution in [0.4, 0.5) is 0 Å². The van der Waals surface area contributed by atoms with Gasteiger partial charge in [-0.05, 0) is 19.5 Å². The van der Waals surface area contributed by atoms with Gasteiger partial charge in [-0.1, -0.05) is 30.3 Å². The van der Waals surface area contributed by atoms with Crippen molar-refractivity contribution in [2.24, 2.45) is 0 Å². The van der Waals surface area contributed by atoms with E-state index in [1.54, 1.807) is 0 Å². The third-order valence-corrected chi connectivity index (χ3v) is 2.87. The molecule has 1 rings (SSSR count). The summed E-state index contributed by atoms with van der Waals surface area (Å²) in [5, 5.41) is 18.6. The largest absolute Gasteiger partial charge is 0.387 e. The molecule has 0 heterocycles. The molecule has 0 spiro atoms. The maximum absolute atomic E-state index is 10.1. The number of benzene rings is 1. The van der Waals surface area contributed by atoms with E-state index in [4.69, 9.17) is 5.26 Å². The van der Waals surface area contributed by atoms with Crippen molar-refractivity contribution in [2.75, 3.05) is 13.6 Å². The van der Waals surface area contributed by atoms with Crippen molar-refractivity contribution in [3.05, 3.63) is 35.9 Å². The van der Waals surface area contributed by atoms with Crippen LogP contribution in [0.1, 0.15) is 25.0 Å². The van der Waals surface area contributed by atoms with Gasteiger partial charge >= 0.3 is 0 Å². The van der Waals surface area contributed by atoms with Crippen molar-refractivity contribution in [3.63, 3.8) is 0 Å². The van der Waals surface area contributed by atoms with Crippen LogP contribution in [-0.2, 0) is 0 Å². The molecule has 3 nitrogen and oxygen atoms in total. The van der Waals surface area contributed by atoms with Gasteiger partial charge in [0.05, 0.1) is 12.2 Å². The molecule has 0 saturated carbocycles. The van der Waals surface area contributed by atoms with Crippen molar-refractivity contribution >= 4 is 0 Å². The molecule has 0 unspecified atom stereocenters. The third-order valence-electron chi connectivity index (χ3n) is 2.87.